The van der Waals surface area contributed by atoms with E-state index in [1.807, 2.05) is 30.7 Å². The summed E-state index contributed by atoms with van der Waals surface area (Å²) in [5.41, 5.74) is 7.04. The van der Waals surface area contributed by atoms with Crippen LogP contribution >= 0.6 is 22.7 Å². The molecule has 0 aliphatic carbocycles. The molecule has 1 unspecified atom stereocenters. The summed E-state index contributed by atoms with van der Waals surface area (Å²) in [7, 11) is 0. The maximum Gasteiger partial charge on any atom is 0.263 e. The largest absolute Gasteiger partial charge is 0.342 e. The molecule has 20 heavy (non-hydrogen) atoms. The Morgan fingerprint density at radius 3 is 3.00 bits per heavy atom. The predicted octanol–water partition coefficient (Wildman–Crippen LogP) is 2.31. The second-order valence-electron chi connectivity index (χ2n) is 4.19. The summed E-state index contributed by atoms with van der Waals surface area (Å²) >= 11 is 2.93. The lowest BCUT2D eigenvalue weighted by molar-refractivity contribution is 0.0943. The van der Waals surface area contributed by atoms with Gasteiger partial charge < -0.3 is 11.1 Å². The Labute approximate surface area is 126 Å². The topological polar surface area (TPSA) is 68.0 Å². The predicted molar refractivity (Wildman–Crippen MR) is 83.0 cm³/mol. The molecule has 1 atom stereocenters. The summed E-state index contributed by atoms with van der Waals surface area (Å²) in [6.07, 6.45) is 0. The summed E-state index contributed by atoms with van der Waals surface area (Å²) in [5.74, 6) is 5.56. The Kier molecular flexibility index (Phi) is 4.90. The molecule has 0 radical (unpaired) electrons. The molecule has 1 amide bonds. The van der Waals surface area contributed by atoms with Gasteiger partial charge in [-0.15, -0.1) is 22.7 Å². The highest BCUT2D eigenvalue weighted by atomic mass is 32.1. The lowest BCUT2D eigenvalue weighted by atomic mass is 10.2. The van der Waals surface area contributed by atoms with Crippen LogP contribution in [0.3, 0.4) is 0 Å². The normalized spacial score (nSPS) is 11.6. The van der Waals surface area contributed by atoms with Gasteiger partial charge in [-0.1, -0.05) is 11.8 Å². The molecule has 0 spiro atoms. The van der Waals surface area contributed by atoms with Crippen LogP contribution in [0, 0.1) is 18.8 Å². The molecule has 0 fully saturated rings. The van der Waals surface area contributed by atoms with Crippen molar-refractivity contribution in [3.63, 3.8) is 0 Å². The van der Waals surface area contributed by atoms with E-state index < -0.39 is 0 Å². The fourth-order valence-electron chi connectivity index (χ4n) is 1.62. The van der Waals surface area contributed by atoms with Crippen molar-refractivity contribution in [1.82, 2.24) is 10.3 Å². The molecule has 3 N–H and O–H groups in total. The number of thiazole rings is 1. The number of carbonyl (C=O) groups excluding carboxylic acids is 1. The average molecular weight is 305 g/mol. The molecule has 0 aliphatic heterocycles. The number of aromatic nitrogens is 1. The maximum absolute atomic E-state index is 12.3. The Balaban J connectivity index is 2.10. The van der Waals surface area contributed by atoms with E-state index in [0.717, 1.165) is 16.3 Å². The van der Waals surface area contributed by atoms with E-state index in [1.54, 1.807) is 11.3 Å². The first-order valence-corrected chi connectivity index (χ1v) is 7.87. The first-order chi connectivity index (χ1) is 9.61. The smallest absolute Gasteiger partial charge is 0.263 e. The van der Waals surface area contributed by atoms with E-state index in [-0.39, 0.29) is 18.5 Å². The number of hydrogen-bond donors (Lipinski definition) is 2. The third-order valence-electron chi connectivity index (χ3n) is 2.55. The Hall–Kier alpha value is -1.68. The summed E-state index contributed by atoms with van der Waals surface area (Å²) in [6, 6.07) is 1.72. The van der Waals surface area contributed by atoms with Crippen LogP contribution in [0.4, 0.5) is 0 Å². The van der Waals surface area contributed by atoms with Gasteiger partial charge in [0.15, 0.2) is 0 Å². The molecule has 2 aromatic heterocycles. The number of carbonyl (C=O) groups is 1. The van der Waals surface area contributed by atoms with Gasteiger partial charge in [0.1, 0.15) is 9.88 Å². The minimum absolute atomic E-state index is 0.112. The van der Waals surface area contributed by atoms with Crippen LogP contribution in [-0.2, 0) is 0 Å². The molecule has 2 rings (SSSR count). The van der Waals surface area contributed by atoms with E-state index in [9.17, 15) is 4.79 Å². The summed E-state index contributed by atoms with van der Waals surface area (Å²) in [5, 5.41) is 7.68. The number of nitrogens with one attached hydrogen (secondary N) is 1. The van der Waals surface area contributed by atoms with Gasteiger partial charge in [-0.3, -0.25) is 4.79 Å². The van der Waals surface area contributed by atoms with Crippen molar-refractivity contribution in [3.05, 3.63) is 38.0 Å². The first-order valence-electron chi connectivity index (χ1n) is 6.11. The highest BCUT2D eigenvalue weighted by molar-refractivity contribution is 7.12. The molecule has 2 heterocycles. The van der Waals surface area contributed by atoms with Crippen LogP contribution < -0.4 is 11.1 Å². The van der Waals surface area contributed by atoms with E-state index in [2.05, 4.69) is 22.1 Å². The number of amides is 1. The van der Waals surface area contributed by atoms with Crippen molar-refractivity contribution >= 4 is 28.6 Å². The van der Waals surface area contributed by atoms with Crippen LogP contribution in [0.1, 0.15) is 38.9 Å². The monoisotopic (exact) mass is 305 g/mol. The minimum atomic E-state index is -0.123. The van der Waals surface area contributed by atoms with Gasteiger partial charge >= 0.3 is 0 Å². The second kappa shape index (κ2) is 6.66. The third-order valence-corrected chi connectivity index (χ3v) is 4.61. The zero-order chi connectivity index (χ0) is 14.5. The van der Waals surface area contributed by atoms with Crippen LogP contribution in [-0.4, -0.2) is 17.4 Å². The number of hydrogen-bond acceptors (Lipinski definition) is 5. The molecular weight excluding hydrogens is 290 g/mol. The fourth-order valence-corrected chi connectivity index (χ4v) is 3.18. The standard InChI is InChI=1S/C14H15N3OS2/c1-9-8-20-14(16-9)10(2)17-13(18)12-11(4-3-6-15)5-7-19-12/h5,7-8,10H,6,15H2,1-2H3,(H,17,18). The third kappa shape index (κ3) is 3.45. The molecule has 0 aliphatic rings. The zero-order valence-electron chi connectivity index (χ0n) is 11.3. The molecule has 0 saturated carbocycles. The van der Waals surface area contributed by atoms with Gasteiger partial charge in [-0.05, 0) is 25.3 Å². The first kappa shape index (κ1) is 14.7. The molecular formula is C14H15N3OS2. The van der Waals surface area contributed by atoms with Gasteiger partial charge in [-0.25, -0.2) is 4.98 Å². The number of nitrogens with zero attached hydrogens (tertiary/aromatic N) is 1. The zero-order valence-corrected chi connectivity index (χ0v) is 12.9. The highest BCUT2D eigenvalue weighted by Crippen LogP contribution is 2.20. The molecule has 0 bridgehead atoms. The van der Waals surface area contributed by atoms with Crippen molar-refractivity contribution in [3.8, 4) is 11.8 Å². The summed E-state index contributed by atoms with van der Waals surface area (Å²) < 4.78 is 0. The summed E-state index contributed by atoms with van der Waals surface area (Å²) in [4.78, 5) is 17.3. The number of aryl methyl sites for hydroxylation is 1. The maximum atomic E-state index is 12.3. The van der Waals surface area contributed by atoms with Gasteiger partial charge in [0.05, 0.1) is 12.6 Å². The number of nitrogens with two attached hydrogens (primary N) is 1. The molecule has 4 nitrogen and oxygen atoms in total. The Morgan fingerprint density at radius 2 is 2.35 bits per heavy atom. The Morgan fingerprint density at radius 1 is 1.55 bits per heavy atom. The second-order valence-corrected chi connectivity index (χ2v) is 6.00. The van der Waals surface area contributed by atoms with Gasteiger partial charge in [0.25, 0.3) is 5.91 Å². The average Bonchev–Trinajstić information content (AvgIpc) is 3.04. The van der Waals surface area contributed by atoms with E-state index >= 15 is 0 Å². The van der Waals surface area contributed by atoms with Crippen molar-refractivity contribution in [2.45, 2.75) is 19.9 Å². The molecule has 104 valence electrons. The van der Waals surface area contributed by atoms with E-state index in [0.29, 0.717) is 4.88 Å². The Bertz CT molecular complexity index is 663. The van der Waals surface area contributed by atoms with Gasteiger partial charge in [0.2, 0.25) is 0 Å². The van der Waals surface area contributed by atoms with Crippen molar-refractivity contribution in [1.29, 1.82) is 0 Å². The minimum Gasteiger partial charge on any atom is -0.342 e. The lowest BCUT2D eigenvalue weighted by Gasteiger charge is -2.10. The number of thiophene rings is 1. The van der Waals surface area contributed by atoms with Gasteiger partial charge in [0, 0.05) is 16.6 Å². The van der Waals surface area contributed by atoms with Crippen molar-refractivity contribution < 1.29 is 4.79 Å². The van der Waals surface area contributed by atoms with Crippen molar-refractivity contribution in [2.24, 2.45) is 5.73 Å². The van der Waals surface area contributed by atoms with Crippen LogP contribution in [0.15, 0.2) is 16.8 Å². The quantitative estimate of drug-likeness (QED) is 0.855. The molecule has 0 aromatic carbocycles. The van der Waals surface area contributed by atoms with Crippen LogP contribution in [0.2, 0.25) is 0 Å². The highest BCUT2D eigenvalue weighted by Gasteiger charge is 2.17. The molecule has 0 saturated heterocycles. The lowest BCUT2D eigenvalue weighted by Crippen LogP contribution is -2.26. The summed E-state index contributed by atoms with van der Waals surface area (Å²) in [6.45, 7) is 4.15. The van der Waals surface area contributed by atoms with E-state index in [4.69, 9.17) is 5.73 Å². The van der Waals surface area contributed by atoms with E-state index in [1.165, 1.54) is 11.3 Å². The van der Waals surface area contributed by atoms with Crippen molar-refractivity contribution in [2.75, 3.05) is 6.54 Å². The fraction of sp³-hybridized carbons (Fsp3) is 0.286. The van der Waals surface area contributed by atoms with Gasteiger partial charge in [-0.2, -0.15) is 0 Å². The van der Waals surface area contributed by atoms with Crippen LogP contribution in [0.5, 0.6) is 0 Å². The molecule has 2 aromatic rings. The SMILES string of the molecule is Cc1csc(C(C)NC(=O)c2sccc2C#CCN)n1. The number of rotatable bonds is 3. The molecule has 6 heteroatoms. The van der Waals surface area contributed by atoms with Crippen LogP contribution in [0.25, 0.3) is 0 Å².